The average molecular weight is 416 g/mol. The van der Waals surface area contributed by atoms with Crippen LogP contribution in [0.25, 0.3) is 0 Å². The molecule has 27 heavy (non-hydrogen) atoms. The minimum Gasteiger partial charge on any atom is -0.378 e. The second kappa shape index (κ2) is 8.30. The molecule has 0 bridgehead atoms. The highest BCUT2D eigenvalue weighted by molar-refractivity contribution is 7.86. The van der Waals surface area contributed by atoms with Gasteiger partial charge in [0.2, 0.25) is 0 Å². The second-order valence-corrected chi connectivity index (χ2v) is 10.4. The fraction of sp³-hybridized carbons (Fsp3) is 0.824. The largest absolute Gasteiger partial charge is 0.378 e. The van der Waals surface area contributed by atoms with Gasteiger partial charge in [0.05, 0.1) is 18.9 Å². The van der Waals surface area contributed by atoms with Gasteiger partial charge in [-0.05, 0) is 19.8 Å². The molecule has 3 saturated heterocycles. The first-order chi connectivity index (χ1) is 13.0. The Morgan fingerprint density at radius 2 is 1.59 bits per heavy atom. The minimum absolute atomic E-state index is 0.576. The maximum atomic E-state index is 12.7. The van der Waals surface area contributed by atoms with Crippen LogP contribution in [-0.4, -0.2) is 92.5 Å². The van der Waals surface area contributed by atoms with Crippen molar-refractivity contribution < 1.29 is 13.2 Å². The predicted molar refractivity (Wildman–Crippen MR) is 106 cm³/mol. The Labute approximate surface area is 165 Å². The van der Waals surface area contributed by atoms with Gasteiger partial charge < -0.3 is 9.64 Å². The minimum atomic E-state index is -3.26. The zero-order chi connectivity index (χ0) is 18.9. The molecule has 0 N–H and O–H groups in total. The molecule has 3 fully saturated rings. The van der Waals surface area contributed by atoms with E-state index in [1.807, 2.05) is 0 Å². The van der Waals surface area contributed by atoms with Crippen LogP contribution in [0.15, 0.2) is 0 Å². The average Bonchev–Trinajstić information content (AvgIpc) is 3.34. The summed E-state index contributed by atoms with van der Waals surface area (Å²) in [4.78, 5) is 10.7. The molecular weight excluding hydrogens is 386 g/mol. The number of rotatable bonds is 5. The number of aryl methyl sites for hydroxylation is 1. The van der Waals surface area contributed by atoms with Crippen LogP contribution in [0.4, 0.5) is 5.13 Å². The first-order valence-electron chi connectivity index (χ1n) is 9.80. The van der Waals surface area contributed by atoms with Crippen molar-refractivity contribution in [2.24, 2.45) is 0 Å². The molecule has 0 spiro atoms. The molecule has 0 radical (unpaired) electrons. The summed E-state index contributed by atoms with van der Waals surface area (Å²) in [5.41, 5.74) is 1.09. The number of piperazine rings is 1. The standard InChI is InChI=1S/C17H29N5O3S2/c1-15-16(26-17(18-15)20-10-12-25-13-11-20)14-19-6-8-22(9-7-19)27(23,24)21-4-2-3-5-21/h2-14H2,1H3. The van der Waals surface area contributed by atoms with E-state index >= 15 is 0 Å². The molecule has 1 aromatic rings. The summed E-state index contributed by atoms with van der Waals surface area (Å²) >= 11 is 1.76. The number of aromatic nitrogens is 1. The molecule has 1 aromatic heterocycles. The van der Waals surface area contributed by atoms with Crippen LogP contribution in [-0.2, 0) is 21.5 Å². The van der Waals surface area contributed by atoms with Crippen molar-refractivity contribution >= 4 is 26.7 Å². The number of nitrogens with zero attached hydrogens (tertiary/aromatic N) is 5. The number of thiazole rings is 1. The zero-order valence-electron chi connectivity index (χ0n) is 16.0. The van der Waals surface area contributed by atoms with E-state index in [9.17, 15) is 8.42 Å². The molecule has 0 saturated carbocycles. The summed E-state index contributed by atoms with van der Waals surface area (Å²) in [6.07, 6.45) is 1.96. The highest BCUT2D eigenvalue weighted by Crippen LogP contribution is 2.28. The van der Waals surface area contributed by atoms with Crippen molar-refractivity contribution in [2.75, 3.05) is 70.5 Å². The molecular formula is C17H29N5O3S2. The maximum Gasteiger partial charge on any atom is 0.282 e. The first-order valence-corrected chi connectivity index (χ1v) is 12.0. The molecule has 0 amide bonds. The van der Waals surface area contributed by atoms with Crippen LogP contribution in [0, 0.1) is 6.92 Å². The Balaban J connectivity index is 1.33. The second-order valence-electron chi connectivity index (χ2n) is 7.39. The molecule has 0 atom stereocenters. The number of hydrogen-bond donors (Lipinski definition) is 0. The number of ether oxygens (including phenoxy) is 1. The Kier molecular flexibility index (Phi) is 6.00. The molecule has 4 heterocycles. The summed E-state index contributed by atoms with van der Waals surface area (Å²) in [6.45, 7) is 10.3. The molecule has 3 aliphatic rings. The third kappa shape index (κ3) is 4.30. The van der Waals surface area contributed by atoms with E-state index in [4.69, 9.17) is 9.72 Å². The normalized spacial score (nSPS) is 24.0. The van der Waals surface area contributed by atoms with Crippen molar-refractivity contribution in [1.82, 2.24) is 18.5 Å². The SMILES string of the molecule is Cc1nc(N2CCOCC2)sc1CN1CCN(S(=O)(=O)N2CCCC2)CC1. The Bertz CT molecular complexity index is 734. The molecule has 10 heteroatoms. The molecule has 8 nitrogen and oxygen atoms in total. The van der Waals surface area contributed by atoms with Crippen molar-refractivity contribution in [3.63, 3.8) is 0 Å². The van der Waals surface area contributed by atoms with E-state index < -0.39 is 10.2 Å². The highest BCUT2D eigenvalue weighted by Gasteiger charge is 2.33. The smallest absolute Gasteiger partial charge is 0.282 e. The van der Waals surface area contributed by atoms with Gasteiger partial charge in [0.1, 0.15) is 0 Å². The fourth-order valence-corrected chi connectivity index (χ4v) is 6.68. The van der Waals surface area contributed by atoms with Gasteiger partial charge in [0.25, 0.3) is 10.2 Å². The van der Waals surface area contributed by atoms with Gasteiger partial charge in [-0.3, -0.25) is 4.90 Å². The van der Waals surface area contributed by atoms with Crippen LogP contribution in [0.2, 0.25) is 0 Å². The third-order valence-electron chi connectivity index (χ3n) is 5.58. The van der Waals surface area contributed by atoms with E-state index in [0.717, 1.165) is 69.6 Å². The van der Waals surface area contributed by atoms with E-state index in [2.05, 4.69) is 16.7 Å². The van der Waals surface area contributed by atoms with Crippen LogP contribution in [0.5, 0.6) is 0 Å². The Hall–Kier alpha value is -0.780. The third-order valence-corrected chi connectivity index (χ3v) is 8.82. The van der Waals surface area contributed by atoms with Crippen molar-refractivity contribution in [3.8, 4) is 0 Å². The van der Waals surface area contributed by atoms with Gasteiger partial charge in [-0.15, -0.1) is 11.3 Å². The van der Waals surface area contributed by atoms with Gasteiger partial charge >= 0.3 is 0 Å². The van der Waals surface area contributed by atoms with Crippen LogP contribution < -0.4 is 4.90 Å². The van der Waals surface area contributed by atoms with Crippen LogP contribution in [0.3, 0.4) is 0 Å². The summed E-state index contributed by atoms with van der Waals surface area (Å²) in [6, 6.07) is 0. The summed E-state index contributed by atoms with van der Waals surface area (Å²) < 4.78 is 34.1. The first kappa shape index (κ1) is 19.5. The fourth-order valence-electron chi connectivity index (χ4n) is 3.85. The van der Waals surface area contributed by atoms with Crippen LogP contribution >= 0.6 is 11.3 Å². The lowest BCUT2D eigenvalue weighted by molar-refractivity contribution is 0.122. The van der Waals surface area contributed by atoms with Gasteiger partial charge in [0.15, 0.2) is 5.13 Å². The molecule has 4 rings (SSSR count). The number of anilines is 1. The van der Waals surface area contributed by atoms with Gasteiger partial charge in [0, 0.05) is 63.8 Å². The van der Waals surface area contributed by atoms with E-state index in [-0.39, 0.29) is 0 Å². The molecule has 0 aliphatic carbocycles. The van der Waals surface area contributed by atoms with Gasteiger partial charge in [-0.2, -0.15) is 17.0 Å². The lowest BCUT2D eigenvalue weighted by Gasteiger charge is -2.35. The topological polar surface area (TPSA) is 69.2 Å². The Morgan fingerprint density at radius 1 is 0.963 bits per heavy atom. The Morgan fingerprint density at radius 3 is 2.26 bits per heavy atom. The van der Waals surface area contributed by atoms with Gasteiger partial charge in [-0.25, -0.2) is 4.98 Å². The van der Waals surface area contributed by atoms with Gasteiger partial charge in [-0.1, -0.05) is 0 Å². The van der Waals surface area contributed by atoms with Crippen molar-refractivity contribution in [2.45, 2.75) is 26.3 Å². The summed E-state index contributed by atoms with van der Waals surface area (Å²) in [5.74, 6) is 0. The highest BCUT2D eigenvalue weighted by atomic mass is 32.2. The van der Waals surface area contributed by atoms with Crippen molar-refractivity contribution in [1.29, 1.82) is 0 Å². The lowest BCUT2D eigenvalue weighted by Crippen LogP contribution is -2.52. The molecule has 152 valence electrons. The lowest BCUT2D eigenvalue weighted by atomic mass is 10.3. The summed E-state index contributed by atoms with van der Waals surface area (Å²) in [7, 11) is -3.26. The van der Waals surface area contributed by atoms with Crippen molar-refractivity contribution in [3.05, 3.63) is 10.6 Å². The van der Waals surface area contributed by atoms with E-state index in [1.165, 1.54) is 4.88 Å². The van der Waals surface area contributed by atoms with E-state index in [0.29, 0.717) is 26.2 Å². The zero-order valence-corrected chi connectivity index (χ0v) is 17.6. The molecule has 0 aromatic carbocycles. The number of morpholine rings is 1. The monoisotopic (exact) mass is 415 g/mol. The number of hydrogen-bond acceptors (Lipinski definition) is 7. The predicted octanol–water partition coefficient (Wildman–Crippen LogP) is 0.746. The summed E-state index contributed by atoms with van der Waals surface area (Å²) in [5, 5.41) is 1.08. The van der Waals surface area contributed by atoms with Crippen LogP contribution in [0.1, 0.15) is 23.4 Å². The van der Waals surface area contributed by atoms with E-state index in [1.54, 1.807) is 19.9 Å². The molecule has 0 unspecified atom stereocenters. The maximum absolute atomic E-state index is 12.7. The quantitative estimate of drug-likeness (QED) is 0.707. The molecule has 3 aliphatic heterocycles.